The molecule has 1 aliphatic rings. The van der Waals surface area contributed by atoms with Crippen LogP contribution in [-0.4, -0.2) is 39.4 Å². The van der Waals surface area contributed by atoms with Gasteiger partial charge in [0, 0.05) is 24.4 Å². The Kier molecular flexibility index (Phi) is 7.14. The third-order valence-corrected chi connectivity index (χ3v) is 4.69. The van der Waals surface area contributed by atoms with Crippen LogP contribution in [0.4, 0.5) is 5.69 Å². The van der Waals surface area contributed by atoms with Gasteiger partial charge in [0.2, 0.25) is 0 Å². The highest BCUT2D eigenvalue weighted by Gasteiger charge is 2.16. The van der Waals surface area contributed by atoms with E-state index in [1.54, 1.807) is 44.6 Å². The van der Waals surface area contributed by atoms with Gasteiger partial charge in [-0.25, -0.2) is 0 Å². The van der Waals surface area contributed by atoms with Crippen LogP contribution in [-0.2, 0) is 4.74 Å². The average molecular weight is 385 g/mol. The van der Waals surface area contributed by atoms with Crippen LogP contribution < -0.4 is 19.5 Å². The molecule has 0 heterocycles. The highest BCUT2D eigenvalue weighted by atomic mass is 16.5. The SMILES string of the molecule is COCCOc1cc(NC(=O)c2ccc(OC3CCCC3)cc2)ccc1OC. The van der Waals surface area contributed by atoms with E-state index in [4.69, 9.17) is 18.9 Å². The lowest BCUT2D eigenvalue weighted by atomic mass is 10.2. The molecule has 0 radical (unpaired) electrons. The highest BCUT2D eigenvalue weighted by Crippen LogP contribution is 2.30. The fourth-order valence-corrected chi connectivity index (χ4v) is 3.19. The van der Waals surface area contributed by atoms with E-state index in [1.165, 1.54) is 12.8 Å². The molecule has 6 heteroatoms. The van der Waals surface area contributed by atoms with E-state index in [9.17, 15) is 4.79 Å². The second-order valence-corrected chi connectivity index (χ2v) is 6.71. The Balaban J connectivity index is 1.62. The van der Waals surface area contributed by atoms with Gasteiger partial charge in [-0.2, -0.15) is 0 Å². The van der Waals surface area contributed by atoms with Crippen molar-refractivity contribution in [1.29, 1.82) is 0 Å². The van der Waals surface area contributed by atoms with E-state index in [-0.39, 0.29) is 5.91 Å². The van der Waals surface area contributed by atoms with Crippen molar-refractivity contribution in [3.05, 3.63) is 48.0 Å². The molecule has 1 aliphatic carbocycles. The lowest BCUT2D eigenvalue weighted by Gasteiger charge is -2.14. The summed E-state index contributed by atoms with van der Waals surface area (Å²) in [5.74, 6) is 1.77. The van der Waals surface area contributed by atoms with E-state index in [2.05, 4.69) is 5.32 Å². The standard InChI is InChI=1S/C22H27NO5/c1-25-13-14-27-21-15-17(9-12-20(21)26-2)23-22(24)16-7-10-19(11-8-16)28-18-5-3-4-6-18/h7-12,15,18H,3-6,13-14H2,1-2H3,(H,23,24). The topological polar surface area (TPSA) is 66.0 Å². The number of anilines is 1. The normalized spacial score (nSPS) is 13.9. The first-order valence-corrected chi connectivity index (χ1v) is 9.57. The summed E-state index contributed by atoms with van der Waals surface area (Å²) in [5, 5.41) is 2.89. The molecule has 6 nitrogen and oxygen atoms in total. The Morgan fingerprint density at radius 1 is 1.00 bits per heavy atom. The maximum Gasteiger partial charge on any atom is 0.255 e. The summed E-state index contributed by atoms with van der Waals surface area (Å²) in [6.45, 7) is 0.863. The van der Waals surface area contributed by atoms with Crippen molar-refractivity contribution < 1.29 is 23.7 Å². The molecule has 0 bridgehead atoms. The summed E-state index contributed by atoms with van der Waals surface area (Å²) in [6, 6.07) is 12.5. The fourth-order valence-electron chi connectivity index (χ4n) is 3.19. The number of ether oxygens (including phenoxy) is 4. The van der Waals surface area contributed by atoms with Gasteiger partial charge in [-0.05, 0) is 62.1 Å². The van der Waals surface area contributed by atoms with Crippen LogP contribution in [0.1, 0.15) is 36.0 Å². The number of carbonyl (C=O) groups is 1. The van der Waals surface area contributed by atoms with Gasteiger partial charge < -0.3 is 24.3 Å². The predicted octanol–water partition coefficient (Wildman–Crippen LogP) is 4.29. The van der Waals surface area contributed by atoms with Crippen LogP contribution in [0, 0.1) is 0 Å². The molecule has 1 N–H and O–H groups in total. The Morgan fingerprint density at radius 2 is 1.75 bits per heavy atom. The number of methoxy groups -OCH3 is 2. The molecule has 28 heavy (non-hydrogen) atoms. The number of hydrogen-bond acceptors (Lipinski definition) is 5. The molecule has 0 unspecified atom stereocenters. The molecule has 0 aliphatic heterocycles. The lowest BCUT2D eigenvalue weighted by molar-refractivity contribution is 0.102. The van der Waals surface area contributed by atoms with Gasteiger partial charge in [0.1, 0.15) is 12.4 Å². The zero-order valence-corrected chi connectivity index (χ0v) is 16.4. The second-order valence-electron chi connectivity index (χ2n) is 6.71. The number of carbonyl (C=O) groups excluding carboxylic acids is 1. The molecule has 3 rings (SSSR count). The first kappa shape index (κ1) is 20.0. The van der Waals surface area contributed by atoms with E-state index in [0.29, 0.717) is 42.1 Å². The summed E-state index contributed by atoms with van der Waals surface area (Å²) in [4.78, 5) is 12.6. The summed E-state index contributed by atoms with van der Waals surface area (Å²) in [5.41, 5.74) is 1.20. The van der Waals surface area contributed by atoms with Gasteiger partial charge in [0.05, 0.1) is 19.8 Å². The maximum atomic E-state index is 12.6. The fraction of sp³-hybridized carbons (Fsp3) is 0.409. The quantitative estimate of drug-likeness (QED) is 0.652. The van der Waals surface area contributed by atoms with E-state index >= 15 is 0 Å². The molecule has 1 amide bonds. The third-order valence-electron chi connectivity index (χ3n) is 4.69. The zero-order valence-electron chi connectivity index (χ0n) is 16.4. The number of amides is 1. The minimum atomic E-state index is -0.194. The number of benzene rings is 2. The van der Waals surface area contributed by atoms with Crippen molar-refractivity contribution in [1.82, 2.24) is 0 Å². The van der Waals surface area contributed by atoms with Crippen LogP contribution in [0.3, 0.4) is 0 Å². The van der Waals surface area contributed by atoms with E-state index < -0.39 is 0 Å². The second kappa shape index (κ2) is 9.99. The minimum absolute atomic E-state index is 0.194. The number of nitrogens with one attached hydrogen (secondary N) is 1. The Labute approximate surface area is 165 Å². The first-order valence-electron chi connectivity index (χ1n) is 9.57. The molecule has 1 saturated carbocycles. The highest BCUT2D eigenvalue weighted by molar-refractivity contribution is 6.04. The summed E-state index contributed by atoms with van der Waals surface area (Å²) < 4.78 is 21.9. The summed E-state index contributed by atoms with van der Waals surface area (Å²) in [6.07, 6.45) is 4.97. The van der Waals surface area contributed by atoms with Crippen LogP contribution in [0.15, 0.2) is 42.5 Å². The van der Waals surface area contributed by atoms with Crippen LogP contribution in [0.2, 0.25) is 0 Å². The molecule has 150 valence electrons. The molecule has 0 atom stereocenters. The van der Waals surface area contributed by atoms with Gasteiger partial charge in [-0.15, -0.1) is 0 Å². The lowest BCUT2D eigenvalue weighted by Crippen LogP contribution is -2.13. The molecule has 0 aromatic heterocycles. The Bertz CT molecular complexity index is 769. The maximum absolute atomic E-state index is 12.6. The molecule has 2 aromatic rings. The van der Waals surface area contributed by atoms with Gasteiger partial charge in [0.25, 0.3) is 5.91 Å². The first-order chi connectivity index (χ1) is 13.7. The van der Waals surface area contributed by atoms with E-state index in [1.807, 2.05) is 12.1 Å². The molecular formula is C22H27NO5. The van der Waals surface area contributed by atoms with E-state index in [0.717, 1.165) is 18.6 Å². The molecule has 1 fully saturated rings. The van der Waals surface area contributed by atoms with Crippen molar-refractivity contribution in [2.45, 2.75) is 31.8 Å². The van der Waals surface area contributed by atoms with Crippen LogP contribution in [0.25, 0.3) is 0 Å². The Morgan fingerprint density at radius 3 is 2.43 bits per heavy atom. The summed E-state index contributed by atoms with van der Waals surface area (Å²) >= 11 is 0. The minimum Gasteiger partial charge on any atom is -0.493 e. The molecule has 0 spiro atoms. The molecular weight excluding hydrogens is 358 g/mol. The smallest absolute Gasteiger partial charge is 0.255 e. The molecule has 2 aromatic carbocycles. The third kappa shape index (κ3) is 5.39. The monoisotopic (exact) mass is 385 g/mol. The molecule has 0 saturated heterocycles. The van der Waals surface area contributed by atoms with Crippen LogP contribution in [0.5, 0.6) is 17.2 Å². The predicted molar refractivity (Wildman–Crippen MR) is 108 cm³/mol. The van der Waals surface area contributed by atoms with Gasteiger partial charge in [0.15, 0.2) is 11.5 Å². The van der Waals surface area contributed by atoms with Crippen molar-refractivity contribution in [3.8, 4) is 17.2 Å². The van der Waals surface area contributed by atoms with Crippen molar-refractivity contribution in [3.63, 3.8) is 0 Å². The van der Waals surface area contributed by atoms with Gasteiger partial charge >= 0.3 is 0 Å². The largest absolute Gasteiger partial charge is 0.493 e. The number of hydrogen-bond donors (Lipinski definition) is 1. The zero-order chi connectivity index (χ0) is 19.8. The summed E-state index contributed by atoms with van der Waals surface area (Å²) in [7, 11) is 3.19. The Hall–Kier alpha value is -2.73. The van der Waals surface area contributed by atoms with Crippen molar-refractivity contribution >= 4 is 11.6 Å². The van der Waals surface area contributed by atoms with Crippen LogP contribution >= 0.6 is 0 Å². The van der Waals surface area contributed by atoms with Crippen molar-refractivity contribution in [2.24, 2.45) is 0 Å². The van der Waals surface area contributed by atoms with Gasteiger partial charge in [-0.1, -0.05) is 0 Å². The number of rotatable bonds is 9. The van der Waals surface area contributed by atoms with Crippen molar-refractivity contribution in [2.75, 3.05) is 32.8 Å². The van der Waals surface area contributed by atoms with Gasteiger partial charge in [-0.3, -0.25) is 4.79 Å². The average Bonchev–Trinajstić information content (AvgIpc) is 3.22.